The van der Waals surface area contributed by atoms with Crippen molar-refractivity contribution in [1.82, 2.24) is 9.55 Å². The zero-order chi connectivity index (χ0) is 20.5. The second kappa shape index (κ2) is 7.76. The van der Waals surface area contributed by atoms with E-state index in [9.17, 15) is 14.9 Å². The van der Waals surface area contributed by atoms with E-state index in [1.807, 2.05) is 0 Å². The van der Waals surface area contributed by atoms with E-state index < -0.39 is 5.97 Å². The molecule has 8 heteroatoms. The maximum Gasteiger partial charge on any atom is 0.356 e. The molecule has 1 amide bonds. The average molecular weight is 401 g/mol. The number of anilines is 1. The molecule has 1 aliphatic carbocycles. The first-order valence-corrected chi connectivity index (χ1v) is 9.99. The van der Waals surface area contributed by atoms with E-state index in [2.05, 4.69) is 37.1 Å². The molecule has 3 rings (SSSR count). The Kier molecular flexibility index (Phi) is 5.57. The number of aromatic nitrogens is 2. The molecule has 2 aromatic rings. The summed E-state index contributed by atoms with van der Waals surface area (Å²) in [6.07, 6.45) is 5.61. The molecule has 0 spiro atoms. The number of imidazole rings is 1. The zero-order valence-corrected chi connectivity index (χ0v) is 17.4. The van der Waals surface area contributed by atoms with Crippen molar-refractivity contribution in [3.05, 3.63) is 34.2 Å². The molecule has 7 nitrogen and oxygen atoms in total. The predicted molar refractivity (Wildman–Crippen MR) is 106 cm³/mol. The van der Waals surface area contributed by atoms with Crippen LogP contribution in [0.25, 0.3) is 0 Å². The number of rotatable bonds is 4. The molecule has 0 aliphatic heterocycles. The first-order chi connectivity index (χ1) is 13.2. The van der Waals surface area contributed by atoms with Crippen LogP contribution in [0.5, 0.6) is 0 Å². The van der Waals surface area contributed by atoms with E-state index in [4.69, 9.17) is 4.74 Å². The molecule has 28 heavy (non-hydrogen) atoms. The molecule has 148 valence electrons. The van der Waals surface area contributed by atoms with Gasteiger partial charge in [-0.2, -0.15) is 5.26 Å². The fourth-order valence-corrected chi connectivity index (χ4v) is 4.87. The third-order valence-corrected chi connectivity index (χ3v) is 6.45. The van der Waals surface area contributed by atoms with Crippen molar-refractivity contribution >= 4 is 28.2 Å². The second-order valence-electron chi connectivity index (χ2n) is 8.07. The van der Waals surface area contributed by atoms with Crippen LogP contribution in [0, 0.1) is 22.7 Å². The number of carbonyl (C=O) groups excluding carboxylic acids is 2. The van der Waals surface area contributed by atoms with Gasteiger partial charge in [0, 0.05) is 4.88 Å². The van der Waals surface area contributed by atoms with Crippen molar-refractivity contribution in [3.63, 3.8) is 0 Å². The number of hydrogen-bond acceptors (Lipinski definition) is 6. The number of nitrogens with one attached hydrogen (secondary N) is 1. The van der Waals surface area contributed by atoms with Gasteiger partial charge in [0.25, 0.3) is 0 Å². The highest BCUT2D eigenvalue weighted by atomic mass is 32.1. The third kappa shape index (κ3) is 3.94. The molecule has 0 bridgehead atoms. The number of carbonyl (C=O) groups is 2. The van der Waals surface area contributed by atoms with Crippen molar-refractivity contribution in [2.24, 2.45) is 11.3 Å². The molecule has 0 fully saturated rings. The summed E-state index contributed by atoms with van der Waals surface area (Å²) in [5.74, 6) is -0.309. The van der Waals surface area contributed by atoms with Gasteiger partial charge < -0.3 is 14.6 Å². The normalized spacial score (nSPS) is 16.2. The van der Waals surface area contributed by atoms with Crippen molar-refractivity contribution < 1.29 is 14.3 Å². The molecule has 0 saturated carbocycles. The summed E-state index contributed by atoms with van der Waals surface area (Å²) in [5.41, 5.74) is 2.06. The Bertz CT molecular complexity index is 946. The van der Waals surface area contributed by atoms with Crippen LogP contribution in [0.2, 0.25) is 0 Å². The summed E-state index contributed by atoms with van der Waals surface area (Å²) in [5, 5.41) is 13.1. The van der Waals surface area contributed by atoms with Gasteiger partial charge in [-0.3, -0.25) is 4.79 Å². The Morgan fingerprint density at radius 1 is 1.46 bits per heavy atom. The van der Waals surface area contributed by atoms with Gasteiger partial charge in [-0.25, -0.2) is 9.78 Å². The van der Waals surface area contributed by atoms with Crippen molar-refractivity contribution in [2.45, 2.75) is 46.6 Å². The first-order valence-electron chi connectivity index (χ1n) is 9.17. The van der Waals surface area contributed by atoms with Gasteiger partial charge in [0.05, 0.1) is 25.2 Å². The number of ether oxygens (including phenoxy) is 1. The van der Waals surface area contributed by atoms with E-state index in [0.717, 1.165) is 24.8 Å². The van der Waals surface area contributed by atoms with Crippen LogP contribution < -0.4 is 5.32 Å². The third-order valence-electron chi connectivity index (χ3n) is 5.28. The summed E-state index contributed by atoms with van der Waals surface area (Å²) in [4.78, 5) is 29.3. The molecular weight excluding hydrogens is 376 g/mol. The lowest BCUT2D eigenvalue weighted by Crippen LogP contribution is -2.26. The van der Waals surface area contributed by atoms with Crippen LogP contribution in [0.3, 0.4) is 0 Å². The summed E-state index contributed by atoms with van der Waals surface area (Å²) >= 11 is 1.49. The molecule has 0 saturated heterocycles. The molecule has 1 unspecified atom stereocenters. The molecule has 2 aromatic heterocycles. The number of fused-ring (bicyclic) bond motifs is 1. The Morgan fingerprint density at radius 2 is 2.21 bits per heavy atom. The Hall–Kier alpha value is -2.66. The number of methoxy groups -OCH3 is 1. The van der Waals surface area contributed by atoms with Gasteiger partial charge in [0.1, 0.15) is 23.3 Å². The molecule has 1 aliphatic rings. The van der Waals surface area contributed by atoms with E-state index in [1.54, 1.807) is 0 Å². The van der Waals surface area contributed by atoms with E-state index in [-0.39, 0.29) is 23.6 Å². The zero-order valence-electron chi connectivity index (χ0n) is 16.5. The van der Waals surface area contributed by atoms with E-state index in [1.165, 1.54) is 40.4 Å². The highest BCUT2D eigenvalue weighted by Gasteiger charge is 2.32. The van der Waals surface area contributed by atoms with Crippen molar-refractivity contribution in [1.29, 1.82) is 5.26 Å². The maximum absolute atomic E-state index is 12.5. The van der Waals surface area contributed by atoms with Crippen molar-refractivity contribution in [3.8, 4) is 6.07 Å². The number of thiophene rings is 1. The average Bonchev–Trinajstić information content (AvgIpc) is 3.23. The number of nitriles is 1. The number of esters is 1. The molecular formula is C20H24N4O3S. The lowest BCUT2D eigenvalue weighted by Gasteiger charge is -2.33. The van der Waals surface area contributed by atoms with Gasteiger partial charge in [-0.05, 0) is 36.2 Å². The number of amides is 1. The SMILES string of the molecule is COC(=O)c1cncn1CC(=O)Nc1sc2c(c1C#N)CCC(C(C)(C)C)C2. The van der Waals surface area contributed by atoms with E-state index in [0.29, 0.717) is 16.5 Å². The fourth-order valence-electron chi connectivity index (χ4n) is 3.57. The van der Waals surface area contributed by atoms with Crippen LogP contribution in [0.1, 0.15) is 53.7 Å². The molecule has 0 aromatic carbocycles. The molecule has 0 radical (unpaired) electrons. The smallest absolute Gasteiger partial charge is 0.356 e. The quantitative estimate of drug-likeness (QED) is 0.794. The Labute approximate surface area is 168 Å². The topological polar surface area (TPSA) is 97.0 Å². The molecule has 1 atom stereocenters. The predicted octanol–water partition coefficient (Wildman–Crippen LogP) is 3.39. The van der Waals surface area contributed by atoms with Gasteiger partial charge in [0.15, 0.2) is 0 Å². The largest absolute Gasteiger partial charge is 0.464 e. The van der Waals surface area contributed by atoms with Crippen LogP contribution in [-0.2, 0) is 28.9 Å². The minimum Gasteiger partial charge on any atom is -0.464 e. The monoisotopic (exact) mass is 400 g/mol. The van der Waals surface area contributed by atoms with Crippen LogP contribution >= 0.6 is 11.3 Å². The minimum atomic E-state index is -0.553. The number of hydrogen-bond donors (Lipinski definition) is 1. The summed E-state index contributed by atoms with van der Waals surface area (Å²) < 4.78 is 6.12. The van der Waals surface area contributed by atoms with Crippen LogP contribution in [-0.4, -0.2) is 28.5 Å². The number of nitrogens with zero attached hydrogens (tertiary/aromatic N) is 3. The van der Waals surface area contributed by atoms with Gasteiger partial charge in [-0.15, -0.1) is 11.3 Å². The van der Waals surface area contributed by atoms with Crippen LogP contribution in [0.4, 0.5) is 5.00 Å². The standard InChI is InChI=1S/C20H24N4O3S/c1-20(2,3)12-5-6-13-14(8-21)18(28-16(13)7-12)23-17(25)10-24-11-22-9-15(24)19(26)27-4/h9,11-12H,5-7,10H2,1-4H3,(H,23,25). The van der Waals surface area contributed by atoms with Gasteiger partial charge in [-0.1, -0.05) is 20.8 Å². The Morgan fingerprint density at radius 3 is 2.86 bits per heavy atom. The van der Waals surface area contributed by atoms with Gasteiger partial charge in [0.2, 0.25) is 5.91 Å². The highest BCUT2D eigenvalue weighted by Crippen LogP contribution is 2.43. The Balaban J connectivity index is 1.78. The summed E-state index contributed by atoms with van der Waals surface area (Å²) in [6.45, 7) is 6.65. The minimum absolute atomic E-state index is 0.0809. The van der Waals surface area contributed by atoms with Crippen LogP contribution in [0.15, 0.2) is 12.5 Å². The molecule has 1 N–H and O–H groups in total. The fraction of sp³-hybridized carbons (Fsp3) is 0.500. The van der Waals surface area contributed by atoms with E-state index >= 15 is 0 Å². The lowest BCUT2D eigenvalue weighted by molar-refractivity contribution is -0.116. The van der Waals surface area contributed by atoms with Gasteiger partial charge >= 0.3 is 5.97 Å². The molecule has 2 heterocycles. The maximum atomic E-state index is 12.5. The summed E-state index contributed by atoms with van der Waals surface area (Å²) in [7, 11) is 1.28. The first kappa shape index (κ1) is 20.1. The lowest BCUT2D eigenvalue weighted by atomic mass is 9.72. The van der Waals surface area contributed by atoms with Crippen molar-refractivity contribution in [2.75, 3.05) is 12.4 Å². The summed E-state index contributed by atoms with van der Waals surface area (Å²) in [6, 6.07) is 2.26. The second-order valence-corrected chi connectivity index (χ2v) is 9.18. The highest BCUT2D eigenvalue weighted by molar-refractivity contribution is 7.16.